The molecule has 0 saturated heterocycles. The summed E-state index contributed by atoms with van der Waals surface area (Å²) in [5, 5.41) is 10.1. The second-order valence-electron chi connectivity index (χ2n) is 3.40. The number of halogens is 1. The van der Waals surface area contributed by atoms with Gasteiger partial charge in [0.05, 0.1) is 0 Å². The quantitative estimate of drug-likeness (QED) is 0.877. The van der Waals surface area contributed by atoms with E-state index in [4.69, 9.17) is 5.73 Å². The lowest BCUT2D eigenvalue weighted by molar-refractivity contribution is 0.0996. The Balaban J connectivity index is 2.58. The Hall–Kier alpha value is -1.69. The molecule has 82 valence electrons. The van der Waals surface area contributed by atoms with Crippen LogP contribution in [0.2, 0.25) is 0 Å². The van der Waals surface area contributed by atoms with E-state index >= 15 is 0 Å². The number of aromatic nitrogens is 3. The van der Waals surface area contributed by atoms with Crippen molar-refractivity contribution in [1.82, 2.24) is 15.4 Å². The number of primary amides is 1. The highest BCUT2D eigenvalue weighted by Crippen LogP contribution is 2.24. The van der Waals surface area contributed by atoms with Gasteiger partial charge in [-0.15, -0.1) is 0 Å². The Bertz CT molecular complexity index is 529. The van der Waals surface area contributed by atoms with Crippen molar-refractivity contribution in [2.24, 2.45) is 5.73 Å². The third-order valence-corrected chi connectivity index (χ3v) is 2.55. The second kappa shape index (κ2) is 4.05. The van der Waals surface area contributed by atoms with Gasteiger partial charge >= 0.3 is 0 Å². The van der Waals surface area contributed by atoms with Crippen LogP contribution in [0.25, 0.3) is 11.3 Å². The SMILES string of the molecule is Cc1cc(Br)cc(-c2n[nH]nc2C(N)=O)c1. The lowest BCUT2D eigenvalue weighted by Crippen LogP contribution is -2.12. The van der Waals surface area contributed by atoms with Crippen molar-refractivity contribution in [3.05, 3.63) is 33.9 Å². The number of aryl methyl sites for hydroxylation is 1. The summed E-state index contributed by atoms with van der Waals surface area (Å²) < 4.78 is 0.918. The van der Waals surface area contributed by atoms with Gasteiger partial charge in [-0.3, -0.25) is 4.79 Å². The highest BCUT2D eigenvalue weighted by Gasteiger charge is 2.15. The van der Waals surface area contributed by atoms with Crippen LogP contribution in [0.3, 0.4) is 0 Å². The van der Waals surface area contributed by atoms with Crippen molar-refractivity contribution in [3.63, 3.8) is 0 Å². The maximum absolute atomic E-state index is 11.1. The molecular weight excluding hydrogens is 272 g/mol. The van der Waals surface area contributed by atoms with Crippen LogP contribution in [0.4, 0.5) is 0 Å². The standard InChI is InChI=1S/C10H9BrN4O/c1-5-2-6(4-7(11)3-5)8-9(10(12)16)14-15-13-8/h2-4H,1H3,(H2,12,16)(H,13,14,15). The van der Waals surface area contributed by atoms with Gasteiger partial charge < -0.3 is 5.73 Å². The topological polar surface area (TPSA) is 84.7 Å². The molecular formula is C10H9BrN4O. The molecule has 6 heteroatoms. The molecule has 0 bridgehead atoms. The van der Waals surface area contributed by atoms with E-state index in [1.54, 1.807) is 0 Å². The van der Waals surface area contributed by atoms with Crippen LogP contribution < -0.4 is 5.73 Å². The summed E-state index contributed by atoms with van der Waals surface area (Å²) in [6.07, 6.45) is 0. The van der Waals surface area contributed by atoms with Gasteiger partial charge in [-0.2, -0.15) is 15.4 Å². The number of H-pyrrole nitrogens is 1. The Kier molecular flexibility index (Phi) is 2.74. The fourth-order valence-corrected chi connectivity index (χ4v) is 2.08. The molecule has 0 fully saturated rings. The number of hydrogen-bond donors (Lipinski definition) is 2. The van der Waals surface area contributed by atoms with Gasteiger partial charge in [0, 0.05) is 10.0 Å². The normalized spacial score (nSPS) is 10.4. The van der Waals surface area contributed by atoms with Crippen LogP contribution in [0.1, 0.15) is 16.1 Å². The van der Waals surface area contributed by atoms with Crippen molar-refractivity contribution in [2.75, 3.05) is 0 Å². The van der Waals surface area contributed by atoms with E-state index in [1.807, 2.05) is 25.1 Å². The number of rotatable bonds is 2. The number of amides is 1. The van der Waals surface area contributed by atoms with Crippen molar-refractivity contribution < 1.29 is 4.79 Å². The highest BCUT2D eigenvalue weighted by atomic mass is 79.9. The monoisotopic (exact) mass is 280 g/mol. The molecule has 1 aromatic heterocycles. The molecule has 16 heavy (non-hydrogen) atoms. The number of carbonyl (C=O) groups is 1. The number of aromatic amines is 1. The Morgan fingerprint density at radius 3 is 2.75 bits per heavy atom. The summed E-state index contributed by atoms with van der Waals surface area (Å²) in [6.45, 7) is 1.96. The smallest absolute Gasteiger partial charge is 0.271 e. The first-order valence-electron chi connectivity index (χ1n) is 4.56. The molecule has 5 nitrogen and oxygen atoms in total. The molecule has 1 amide bonds. The van der Waals surface area contributed by atoms with Crippen LogP contribution >= 0.6 is 15.9 Å². The van der Waals surface area contributed by atoms with E-state index in [0.29, 0.717) is 5.69 Å². The summed E-state index contributed by atoms with van der Waals surface area (Å²) in [4.78, 5) is 11.1. The van der Waals surface area contributed by atoms with E-state index < -0.39 is 5.91 Å². The molecule has 0 saturated carbocycles. The maximum atomic E-state index is 11.1. The Morgan fingerprint density at radius 2 is 2.12 bits per heavy atom. The summed E-state index contributed by atoms with van der Waals surface area (Å²) >= 11 is 3.39. The molecule has 3 N–H and O–H groups in total. The number of nitrogens with zero attached hydrogens (tertiary/aromatic N) is 2. The van der Waals surface area contributed by atoms with Gasteiger partial charge in [-0.1, -0.05) is 15.9 Å². The Labute approximate surface area is 100 Å². The molecule has 0 atom stereocenters. The number of hydrogen-bond acceptors (Lipinski definition) is 3. The van der Waals surface area contributed by atoms with Crippen LogP contribution in [-0.4, -0.2) is 21.3 Å². The molecule has 0 unspecified atom stereocenters. The molecule has 1 heterocycles. The molecule has 0 radical (unpaired) electrons. The minimum atomic E-state index is -0.596. The van der Waals surface area contributed by atoms with Gasteiger partial charge in [0.2, 0.25) is 0 Å². The lowest BCUT2D eigenvalue weighted by Gasteiger charge is -2.01. The van der Waals surface area contributed by atoms with E-state index in [2.05, 4.69) is 31.3 Å². The zero-order valence-electron chi connectivity index (χ0n) is 8.49. The van der Waals surface area contributed by atoms with Crippen LogP contribution in [0.5, 0.6) is 0 Å². The van der Waals surface area contributed by atoms with E-state index in [-0.39, 0.29) is 5.69 Å². The summed E-state index contributed by atoms with van der Waals surface area (Å²) in [5.41, 5.74) is 7.68. The first-order valence-corrected chi connectivity index (χ1v) is 5.35. The van der Waals surface area contributed by atoms with E-state index in [9.17, 15) is 4.79 Å². The third kappa shape index (κ3) is 1.96. The zero-order chi connectivity index (χ0) is 11.7. The van der Waals surface area contributed by atoms with Crippen molar-refractivity contribution >= 4 is 21.8 Å². The number of nitrogens with one attached hydrogen (secondary N) is 1. The molecule has 1 aromatic carbocycles. The molecule has 0 aliphatic carbocycles. The molecule has 2 aromatic rings. The molecule has 0 spiro atoms. The second-order valence-corrected chi connectivity index (χ2v) is 4.32. The highest BCUT2D eigenvalue weighted by molar-refractivity contribution is 9.10. The van der Waals surface area contributed by atoms with Gasteiger partial charge in [0.1, 0.15) is 5.69 Å². The Morgan fingerprint density at radius 1 is 1.38 bits per heavy atom. The fourth-order valence-electron chi connectivity index (χ4n) is 1.48. The van der Waals surface area contributed by atoms with Gasteiger partial charge in [-0.05, 0) is 30.7 Å². The minimum Gasteiger partial charge on any atom is -0.364 e. The van der Waals surface area contributed by atoms with Gasteiger partial charge in [0.15, 0.2) is 5.69 Å². The third-order valence-electron chi connectivity index (χ3n) is 2.10. The van der Waals surface area contributed by atoms with Crippen LogP contribution in [-0.2, 0) is 0 Å². The van der Waals surface area contributed by atoms with Crippen LogP contribution in [0, 0.1) is 6.92 Å². The maximum Gasteiger partial charge on any atom is 0.271 e. The van der Waals surface area contributed by atoms with Crippen molar-refractivity contribution in [1.29, 1.82) is 0 Å². The average Bonchev–Trinajstić information content (AvgIpc) is 2.63. The van der Waals surface area contributed by atoms with Crippen molar-refractivity contribution in [2.45, 2.75) is 6.92 Å². The number of benzene rings is 1. The van der Waals surface area contributed by atoms with Gasteiger partial charge in [-0.25, -0.2) is 0 Å². The first kappa shape index (κ1) is 10.8. The largest absolute Gasteiger partial charge is 0.364 e. The van der Waals surface area contributed by atoms with Gasteiger partial charge in [0.25, 0.3) is 5.91 Å². The van der Waals surface area contributed by atoms with E-state index in [0.717, 1.165) is 15.6 Å². The van der Waals surface area contributed by atoms with Crippen LogP contribution in [0.15, 0.2) is 22.7 Å². The lowest BCUT2D eigenvalue weighted by atomic mass is 10.1. The zero-order valence-corrected chi connectivity index (χ0v) is 10.1. The molecule has 0 aliphatic heterocycles. The average molecular weight is 281 g/mol. The summed E-state index contributed by atoms with van der Waals surface area (Å²) in [6, 6.07) is 5.74. The van der Waals surface area contributed by atoms with E-state index in [1.165, 1.54) is 0 Å². The molecule has 2 rings (SSSR count). The number of carbonyl (C=O) groups excluding carboxylic acids is 1. The minimum absolute atomic E-state index is 0.150. The predicted molar refractivity (Wildman–Crippen MR) is 62.8 cm³/mol. The molecule has 0 aliphatic rings. The predicted octanol–water partition coefficient (Wildman–Crippen LogP) is 1.64. The van der Waals surface area contributed by atoms with Crippen molar-refractivity contribution in [3.8, 4) is 11.3 Å². The summed E-state index contributed by atoms with van der Waals surface area (Å²) in [7, 11) is 0. The fraction of sp³-hybridized carbons (Fsp3) is 0.100. The summed E-state index contributed by atoms with van der Waals surface area (Å²) in [5.74, 6) is -0.596. The number of nitrogens with two attached hydrogens (primary N) is 1. The first-order chi connectivity index (χ1) is 7.58.